The van der Waals surface area contributed by atoms with Crippen molar-refractivity contribution >= 4 is 5.97 Å². The summed E-state index contributed by atoms with van der Waals surface area (Å²) in [7, 11) is 0. The van der Waals surface area contributed by atoms with E-state index in [0.29, 0.717) is 17.9 Å². The fourth-order valence-corrected chi connectivity index (χ4v) is 1.29. The van der Waals surface area contributed by atoms with Crippen molar-refractivity contribution in [1.29, 1.82) is 0 Å². The van der Waals surface area contributed by atoms with Crippen LogP contribution in [0.2, 0.25) is 0 Å². The summed E-state index contributed by atoms with van der Waals surface area (Å²) in [6.45, 7) is 3.37. The van der Waals surface area contributed by atoms with Crippen LogP contribution >= 0.6 is 0 Å². The molecule has 0 radical (unpaired) electrons. The summed E-state index contributed by atoms with van der Waals surface area (Å²) in [5, 5.41) is 8.86. The molecule has 0 spiro atoms. The molecule has 1 rings (SSSR count). The largest absolute Gasteiger partial charge is 0.481 e. The zero-order valence-corrected chi connectivity index (χ0v) is 8.07. The molecule has 1 aromatic rings. The van der Waals surface area contributed by atoms with Gasteiger partial charge in [0.25, 0.3) is 5.56 Å². The average molecular weight is 196 g/mol. The maximum absolute atomic E-state index is 11.1. The zero-order chi connectivity index (χ0) is 10.7. The van der Waals surface area contributed by atoms with E-state index in [1.165, 1.54) is 6.07 Å². The van der Waals surface area contributed by atoms with E-state index in [1.54, 1.807) is 13.8 Å². The molecule has 5 heteroatoms. The Hall–Kier alpha value is -1.65. The van der Waals surface area contributed by atoms with Gasteiger partial charge in [0.15, 0.2) is 0 Å². The lowest BCUT2D eigenvalue weighted by Crippen LogP contribution is -2.17. The number of hydrogen-bond donors (Lipinski definition) is 2. The number of carbonyl (C=O) groups is 1. The molecule has 0 amide bonds. The Labute approximate surface area is 80.8 Å². The van der Waals surface area contributed by atoms with E-state index >= 15 is 0 Å². The number of aromatic amines is 1. The molecule has 76 valence electrons. The van der Waals surface area contributed by atoms with E-state index in [2.05, 4.69) is 9.97 Å². The van der Waals surface area contributed by atoms with Crippen LogP contribution in [0.3, 0.4) is 0 Å². The van der Waals surface area contributed by atoms with Crippen LogP contribution in [0.15, 0.2) is 10.9 Å². The first kappa shape index (κ1) is 10.4. The molecule has 1 unspecified atom stereocenters. The minimum Gasteiger partial charge on any atom is -0.481 e. The molecular weight excluding hydrogens is 184 g/mol. The second-order valence-electron chi connectivity index (χ2n) is 3.05. The van der Waals surface area contributed by atoms with Crippen LogP contribution in [-0.2, 0) is 4.79 Å². The van der Waals surface area contributed by atoms with E-state index < -0.39 is 11.9 Å². The summed E-state index contributed by atoms with van der Waals surface area (Å²) >= 11 is 0. The number of carboxylic acids is 1. The number of hydrogen-bond acceptors (Lipinski definition) is 3. The lowest BCUT2D eigenvalue weighted by Gasteiger charge is -2.08. The van der Waals surface area contributed by atoms with Gasteiger partial charge in [-0.3, -0.25) is 9.59 Å². The van der Waals surface area contributed by atoms with Crippen molar-refractivity contribution in [1.82, 2.24) is 9.97 Å². The highest BCUT2D eigenvalue weighted by Gasteiger charge is 2.19. The number of aliphatic carboxylic acids is 1. The SMILES string of the molecule is CCC(C(=O)O)c1cc(=O)[nH]c(C)n1. The quantitative estimate of drug-likeness (QED) is 0.743. The molecule has 0 aliphatic carbocycles. The van der Waals surface area contributed by atoms with Crippen molar-refractivity contribution in [3.63, 3.8) is 0 Å². The van der Waals surface area contributed by atoms with Crippen molar-refractivity contribution < 1.29 is 9.90 Å². The second-order valence-corrected chi connectivity index (χ2v) is 3.05. The lowest BCUT2D eigenvalue weighted by atomic mass is 10.0. The smallest absolute Gasteiger partial charge is 0.312 e. The maximum Gasteiger partial charge on any atom is 0.312 e. The Balaban J connectivity index is 3.16. The summed E-state index contributed by atoms with van der Waals surface area (Å²) in [5.74, 6) is -1.21. The fraction of sp³-hybridized carbons (Fsp3) is 0.444. The number of rotatable bonds is 3. The van der Waals surface area contributed by atoms with Gasteiger partial charge in [0, 0.05) is 6.07 Å². The summed E-state index contributed by atoms with van der Waals surface area (Å²) in [5.41, 5.74) is 0.00782. The predicted octanol–water partition coefficient (Wildman–Crippen LogP) is 0.657. The summed E-state index contributed by atoms with van der Waals surface area (Å²) in [6, 6.07) is 1.23. The molecular formula is C9H12N2O3. The van der Waals surface area contributed by atoms with E-state index in [0.717, 1.165) is 0 Å². The number of nitrogens with one attached hydrogen (secondary N) is 1. The predicted molar refractivity (Wildman–Crippen MR) is 50.3 cm³/mol. The molecule has 1 heterocycles. The number of aryl methyl sites for hydroxylation is 1. The molecule has 1 aromatic heterocycles. The number of carboxylic acid groups (broad SMARTS) is 1. The highest BCUT2D eigenvalue weighted by atomic mass is 16.4. The normalized spacial score (nSPS) is 12.4. The molecule has 0 aliphatic rings. The maximum atomic E-state index is 11.1. The highest BCUT2D eigenvalue weighted by molar-refractivity contribution is 5.75. The summed E-state index contributed by atoms with van der Waals surface area (Å²) in [6.07, 6.45) is 0.422. The molecule has 5 nitrogen and oxygen atoms in total. The van der Waals surface area contributed by atoms with E-state index in [-0.39, 0.29) is 5.56 Å². The third kappa shape index (κ3) is 2.18. The van der Waals surface area contributed by atoms with Crippen molar-refractivity contribution in [3.05, 3.63) is 27.9 Å². The fourth-order valence-electron chi connectivity index (χ4n) is 1.29. The molecule has 14 heavy (non-hydrogen) atoms. The Kier molecular flexibility index (Phi) is 3.01. The Morgan fingerprint density at radius 2 is 2.36 bits per heavy atom. The third-order valence-electron chi connectivity index (χ3n) is 1.94. The van der Waals surface area contributed by atoms with Crippen LogP contribution in [-0.4, -0.2) is 21.0 Å². The van der Waals surface area contributed by atoms with E-state index in [4.69, 9.17) is 5.11 Å². The van der Waals surface area contributed by atoms with Crippen LogP contribution in [0, 0.1) is 6.92 Å². The molecule has 0 saturated heterocycles. The number of nitrogens with zero attached hydrogens (tertiary/aromatic N) is 1. The molecule has 0 aromatic carbocycles. The van der Waals surface area contributed by atoms with E-state index in [9.17, 15) is 9.59 Å². The Morgan fingerprint density at radius 3 is 2.79 bits per heavy atom. The van der Waals surface area contributed by atoms with Crippen LogP contribution in [0.25, 0.3) is 0 Å². The monoisotopic (exact) mass is 196 g/mol. The van der Waals surface area contributed by atoms with Gasteiger partial charge in [-0.25, -0.2) is 4.98 Å². The first-order valence-corrected chi connectivity index (χ1v) is 4.35. The van der Waals surface area contributed by atoms with Crippen LogP contribution in [0.5, 0.6) is 0 Å². The third-order valence-corrected chi connectivity index (χ3v) is 1.94. The van der Waals surface area contributed by atoms with Gasteiger partial charge >= 0.3 is 5.97 Å². The van der Waals surface area contributed by atoms with Gasteiger partial charge in [-0.05, 0) is 13.3 Å². The topological polar surface area (TPSA) is 83.0 Å². The van der Waals surface area contributed by atoms with Gasteiger partial charge in [-0.2, -0.15) is 0 Å². The van der Waals surface area contributed by atoms with Gasteiger partial charge in [0.1, 0.15) is 5.82 Å². The van der Waals surface area contributed by atoms with Gasteiger partial charge in [-0.15, -0.1) is 0 Å². The van der Waals surface area contributed by atoms with Gasteiger partial charge in [0.2, 0.25) is 0 Å². The molecule has 1 atom stereocenters. The first-order valence-electron chi connectivity index (χ1n) is 4.35. The minimum absolute atomic E-state index is 0.313. The molecule has 0 aliphatic heterocycles. The lowest BCUT2D eigenvalue weighted by molar-refractivity contribution is -0.138. The standard InChI is InChI=1S/C9H12N2O3/c1-3-6(9(13)14)7-4-8(12)11-5(2)10-7/h4,6H,3H2,1-2H3,(H,13,14)(H,10,11,12). The molecule has 0 saturated carbocycles. The number of aromatic nitrogens is 2. The molecule has 0 fully saturated rings. The minimum atomic E-state index is -0.954. The summed E-state index contributed by atoms with van der Waals surface area (Å²) < 4.78 is 0. The summed E-state index contributed by atoms with van der Waals surface area (Å²) in [4.78, 5) is 28.3. The van der Waals surface area contributed by atoms with Crippen LogP contribution in [0.4, 0.5) is 0 Å². The Bertz CT molecular complexity index is 397. The molecule has 0 bridgehead atoms. The number of H-pyrrole nitrogens is 1. The van der Waals surface area contributed by atoms with Crippen LogP contribution < -0.4 is 5.56 Å². The zero-order valence-electron chi connectivity index (χ0n) is 8.07. The average Bonchev–Trinajstić information content (AvgIpc) is 2.02. The Morgan fingerprint density at radius 1 is 1.71 bits per heavy atom. The van der Waals surface area contributed by atoms with Crippen molar-refractivity contribution in [2.24, 2.45) is 0 Å². The van der Waals surface area contributed by atoms with Crippen molar-refractivity contribution in [2.75, 3.05) is 0 Å². The highest BCUT2D eigenvalue weighted by Crippen LogP contribution is 2.15. The molecule has 2 N–H and O–H groups in total. The van der Waals surface area contributed by atoms with Crippen molar-refractivity contribution in [2.45, 2.75) is 26.2 Å². The van der Waals surface area contributed by atoms with Gasteiger partial charge in [-0.1, -0.05) is 6.92 Å². The van der Waals surface area contributed by atoms with Gasteiger partial charge < -0.3 is 10.1 Å². The first-order chi connectivity index (χ1) is 6.54. The van der Waals surface area contributed by atoms with Crippen molar-refractivity contribution in [3.8, 4) is 0 Å². The van der Waals surface area contributed by atoms with Gasteiger partial charge in [0.05, 0.1) is 11.6 Å². The van der Waals surface area contributed by atoms with Crippen LogP contribution in [0.1, 0.15) is 30.8 Å². The van der Waals surface area contributed by atoms with E-state index in [1.807, 2.05) is 0 Å². The second kappa shape index (κ2) is 4.04.